The Hall–Kier alpha value is -2.89. The molecule has 328 valence electrons. The maximum absolute atomic E-state index is 12.6. The van der Waals surface area contributed by atoms with Crippen molar-refractivity contribution >= 4 is 31.5 Å². The zero-order chi connectivity index (χ0) is 42.2. The molecule has 0 radical (unpaired) electrons. The van der Waals surface area contributed by atoms with Crippen LogP contribution in [0.5, 0.6) is 0 Å². The molecule has 13 heteroatoms. The van der Waals surface area contributed by atoms with Gasteiger partial charge in [-0.15, -0.1) is 0 Å². The van der Waals surface area contributed by atoms with Crippen LogP contribution in [0.15, 0.2) is 48.6 Å². The molecule has 12 nitrogen and oxygen atoms in total. The number of nitrogens with two attached hydrogens (primary N) is 1. The Labute approximate surface area is 343 Å². The van der Waals surface area contributed by atoms with Crippen LogP contribution in [0, 0.1) is 0 Å². The lowest BCUT2D eigenvalue weighted by atomic mass is 10.1. The number of hydrogen-bond acceptors (Lipinski definition) is 10. The first-order chi connectivity index (χ1) is 27.5. The Morgan fingerprint density at radius 1 is 0.596 bits per heavy atom. The van der Waals surface area contributed by atoms with Crippen molar-refractivity contribution in [2.24, 2.45) is 5.73 Å². The summed E-state index contributed by atoms with van der Waals surface area (Å²) in [6.07, 6.45) is 38.5. The second-order valence-corrected chi connectivity index (χ2v) is 16.0. The number of carboxylic acids is 1. The molecule has 0 aromatic rings. The largest absolute Gasteiger partial charge is 0.480 e. The minimum atomic E-state index is -4.75. The van der Waals surface area contributed by atoms with Crippen LogP contribution in [0.2, 0.25) is 0 Å². The van der Waals surface area contributed by atoms with Gasteiger partial charge in [0, 0.05) is 19.3 Å². The SMILES string of the molecule is CCCCC/C=C\C=C\C(=O)CCCCCCCC(=O)O[C@H](COC(=O)CCCCCCCCC/C=C\C/C=C\CCCCC)COP(=O)(O)OC[C@H](N)C(=O)O. The molecule has 3 atom stereocenters. The monoisotopic (exact) mass is 826 g/mol. The fraction of sp³-hybridized carbons (Fsp3) is 0.727. The number of allylic oxidation sites excluding steroid dienone is 8. The van der Waals surface area contributed by atoms with E-state index in [1.54, 1.807) is 12.2 Å². The Balaban J connectivity index is 4.46. The Kier molecular flexibility index (Phi) is 36.7. The predicted molar refractivity (Wildman–Crippen MR) is 227 cm³/mol. The topological polar surface area (TPSA) is 189 Å². The quantitative estimate of drug-likeness (QED) is 0.0133. The zero-order valence-corrected chi connectivity index (χ0v) is 36.1. The second-order valence-electron chi connectivity index (χ2n) is 14.5. The van der Waals surface area contributed by atoms with E-state index in [2.05, 4.69) is 48.8 Å². The maximum atomic E-state index is 12.6. The van der Waals surface area contributed by atoms with E-state index < -0.39 is 51.1 Å². The van der Waals surface area contributed by atoms with Crippen LogP contribution in [0.25, 0.3) is 0 Å². The highest BCUT2D eigenvalue weighted by molar-refractivity contribution is 7.47. The van der Waals surface area contributed by atoms with E-state index in [4.69, 9.17) is 24.8 Å². The summed E-state index contributed by atoms with van der Waals surface area (Å²) < 4.78 is 32.6. The van der Waals surface area contributed by atoms with Crippen LogP contribution in [0.3, 0.4) is 0 Å². The number of carboxylic acid groups (broad SMARTS) is 1. The molecule has 0 aromatic carbocycles. The van der Waals surface area contributed by atoms with Crippen molar-refractivity contribution in [1.29, 1.82) is 0 Å². The Morgan fingerprint density at radius 3 is 1.67 bits per heavy atom. The lowest BCUT2D eigenvalue weighted by Crippen LogP contribution is -2.34. The third-order valence-electron chi connectivity index (χ3n) is 9.03. The lowest BCUT2D eigenvalue weighted by Gasteiger charge is -2.20. The van der Waals surface area contributed by atoms with Gasteiger partial charge in [-0.3, -0.25) is 28.2 Å². The van der Waals surface area contributed by atoms with Gasteiger partial charge in [-0.05, 0) is 70.3 Å². The van der Waals surface area contributed by atoms with Crippen molar-refractivity contribution in [3.8, 4) is 0 Å². The van der Waals surface area contributed by atoms with Gasteiger partial charge in [-0.2, -0.15) is 0 Å². The van der Waals surface area contributed by atoms with E-state index in [1.807, 2.05) is 6.08 Å². The maximum Gasteiger partial charge on any atom is 0.472 e. The molecule has 4 N–H and O–H groups in total. The molecule has 0 aliphatic carbocycles. The average molecular weight is 826 g/mol. The van der Waals surface area contributed by atoms with Crippen LogP contribution in [-0.4, -0.2) is 65.7 Å². The minimum Gasteiger partial charge on any atom is -0.480 e. The Bertz CT molecular complexity index is 1220. The van der Waals surface area contributed by atoms with Gasteiger partial charge in [0.1, 0.15) is 12.6 Å². The van der Waals surface area contributed by atoms with E-state index in [9.17, 15) is 28.6 Å². The van der Waals surface area contributed by atoms with Crippen LogP contribution < -0.4 is 5.73 Å². The normalized spacial score (nSPS) is 14.1. The number of ether oxygens (including phenoxy) is 2. The van der Waals surface area contributed by atoms with Crippen molar-refractivity contribution in [2.45, 2.75) is 187 Å². The number of carbonyl (C=O) groups excluding carboxylic acids is 3. The van der Waals surface area contributed by atoms with Gasteiger partial charge in [0.25, 0.3) is 0 Å². The molecule has 0 amide bonds. The molecule has 0 spiro atoms. The van der Waals surface area contributed by atoms with E-state index in [0.717, 1.165) is 77.0 Å². The number of hydrogen-bond donors (Lipinski definition) is 3. The summed E-state index contributed by atoms with van der Waals surface area (Å²) in [6, 6.07) is -1.54. The fourth-order valence-electron chi connectivity index (χ4n) is 5.55. The lowest BCUT2D eigenvalue weighted by molar-refractivity contribution is -0.161. The van der Waals surface area contributed by atoms with Crippen LogP contribution in [0.4, 0.5) is 0 Å². The molecular formula is C44H76NO11P. The molecular weight excluding hydrogens is 749 g/mol. The molecule has 1 unspecified atom stereocenters. The number of rotatable bonds is 40. The van der Waals surface area contributed by atoms with Crippen molar-refractivity contribution < 1.29 is 52.3 Å². The molecule has 0 saturated carbocycles. The van der Waals surface area contributed by atoms with E-state index >= 15 is 0 Å². The third kappa shape index (κ3) is 38.4. The molecule has 0 saturated heterocycles. The van der Waals surface area contributed by atoms with Gasteiger partial charge in [0.15, 0.2) is 11.9 Å². The fourth-order valence-corrected chi connectivity index (χ4v) is 6.32. The predicted octanol–water partition coefficient (Wildman–Crippen LogP) is 10.6. The molecule has 0 fully saturated rings. The molecule has 0 rings (SSSR count). The number of unbranched alkanes of at least 4 members (excludes halogenated alkanes) is 17. The first kappa shape index (κ1) is 54.1. The molecule has 0 bridgehead atoms. The molecule has 57 heavy (non-hydrogen) atoms. The number of ketones is 1. The van der Waals surface area contributed by atoms with E-state index in [-0.39, 0.29) is 25.2 Å². The van der Waals surface area contributed by atoms with Gasteiger partial charge in [0.2, 0.25) is 0 Å². The summed E-state index contributed by atoms with van der Waals surface area (Å²) >= 11 is 0. The molecule has 0 aromatic heterocycles. The number of carbonyl (C=O) groups is 4. The Morgan fingerprint density at radius 2 is 1.09 bits per heavy atom. The summed E-state index contributed by atoms with van der Waals surface area (Å²) in [5.41, 5.74) is 5.32. The van der Waals surface area contributed by atoms with Crippen LogP contribution in [-0.2, 0) is 42.3 Å². The zero-order valence-electron chi connectivity index (χ0n) is 35.2. The van der Waals surface area contributed by atoms with Crippen LogP contribution in [0.1, 0.15) is 174 Å². The van der Waals surface area contributed by atoms with Gasteiger partial charge < -0.3 is 25.2 Å². The van der Waals surface area contributed by atoms with Gasteiger partial charge in [-0.25, -0.2) is 4.57 Å². The van der Waals surface area contributed by atoms with Crippen molar-refractivity contribution in [3.63, 3.8) is 0 Å². The number of phosphoric acid groups is 1. The van der Waals surface area contributed by atoms with Crippen molar-refractivity contribution in [2.75, 3.05) is 19.8 Å². The third-order valence-corrected chi connectivity index (χ3v) is 9.98. The van der Waals surface area contributed by atoms with E-state index in [1.165, 1.54) is 51.4 Å². The van der Waals surface area contributed by atoms with Gasteiger partial charge >= 0.3 is 25.7 Å². The molecule has 0 aliphatic heterocycles. The summed E-state index contributed by atoms with van der Waals surface area (Å²) in [4.78, 5) is 58.0. The highest BCUT2D eigenvalue weighted by atomic mass is 31.2. The highest BCUT2D eigenvalue weighted by Crippen LogP contribution is 2.43. The summed E-state index contributed by atoms with van der Waals surface area (Å²) in [7, 11) is -4.75. The smallest absolute Gasteiger partial charge is 0.472 e. The minimum absolute atomic E-state index is 0.0744. The van der Waals surface area contributed by atoms with Gasteiger partial charge in [-0.1, -0.05) is 133 Å². The number of aliphatic carboxylic acids is 1. The second kappa shape index (κ2) is 38.6. The van der Waals surface area contributed by atoms with Crippen molar-refractivity contribution in [1.82, 2.24) is 0 Å². The van der Waals surface area contributed by atoms with E-state index in [0.29, 0.717) is 19.3 Å². The first-order valence-corrected chi connectivity index (χ1v) is 23.1. The van der Waals surface area contributed by atoms with Crippen LogP contribution >= 0.6 is 7.82 Å². The molecule has 0 heterocycles. The highest BCUT2D eigenvalue weighted by Gasteiger charge is 2.28. The number of phosphoric ester groups is 1. The summed E-state index contributed by atoms with van der Waals surface area (Å²) in [5, 5.41) is 8.88. The molecule has 0 aliphatic rings. The van der Waals surface area contributed by atoms with Crippen molar-refractivity contribution in [3.05, 3.63) is 48.6 Å². The first-order valence-electron chi connectivity index (χ1n) is 21.6. The summed E-state index contributed by atoms with van der Waals surface area (Å²) in [5.74, 6) is -2.41. The standard InChI is InChI=1S/C44H76NO11P/c1-3-5-7-9-11-12-13-14-15-16-17-18-19-20-22-26-30-34-42(47)53-36-40(37-54-57(51,52)55-38-41(45)44(49)50)56-43(48)35-31-27-23-25-29-33-39(46)32-28-24-21-10-8-6-4-2/h11-12,14-15,21,24,28,32,40-41H,3-10,13,16-20,22-23,25-27,29-31,33-38,45H2,1-2H3,(H,49,50)(H,51,52)/b12-11-,15-14-,24-21-,32-28+/t40-,41+/m1/s1. The average Bonchev–Trinajstić information content (AvgIpc) is 3.18. The summed E-state index contributed by atoms with van der Waals surface area (Å²) in [6.45, 7) is 2.59. The number of esters is 2. The van der Waals surface area contributed by atoms with Gasteiger partial charge in [0.05, 0.1) is 13.2 Å².